The van der Waals surface area contributed by atoms with Crippen molar-refractivity contribution in [3.8, 4) is 0 Å². The highest BCUT2D eigenvalue weighted by molar-refractivity contribution is 5.87. The lowest BCUT2D eigenvalue weighted by Gasteiger charge is -2.40. The van der Waals surface area contributed by atoms with E-state index in [1.54, 1.807) is 6.20 Å². The Balaban J connectivity index is 1.32. The molecule has 2 aliphatic rings. The lowest BCUT2D eigenvalue weighted by Crippen LogP contribution is -2.48. The Morgan fingerprint density at radius 2 is 1.86 bits per heavy atom. The zero-order chi connectivity index (χ0) is 20.2. The van der Waals surface area contributed by atoms with Gasteiger partial charge in [-0.15, -0.1) is 0 Å². The van der Waals surface area contributed by atoms with Crippen LogP contribution < -0.4 is 5.73 Å². The van der Waals surface area contributed by atoms with Crippen LogP contribution in [0.5, 0.6) is 0 Å². The van der Waals surface area contributed by atoms with Gasteiger partial charge < -0.3 is 15.5 Å². The van der Waals surface area contributed by atoms with E-state index in [9.17, 15) is 9.59 Å². The summed E-state index contributed by atoms with van der Waals surface area (Å²) in [6.45, 7) is 4.19. The van der Waals surface area contributed by atoms with Crippen LogP contribution in [-0.4, -0.2) is 64.0 Å². The van der Waals surface area contributed by atoms with Crippen molar-refractivity contribution in [2.75, 3.05) is 26.2 Å². The van der Waals surface area contributed by atoms with Gasteiger partial charge in [0.15, 0.2) is 0 Å². The molecular formula is C22H31N5O2. The lowest BCUT2D eigenvalue weighted by atomic mass is 9.98. The minimum absolute atomic E-state index is 0.171. The average Bonchev–Trinajstić information content (AvgIpc) is 3.21. The fourth-order valence-electron chi connectivity index (χ4n) is 4.84. The van der Waals surface area contributed by atoms with Crippen LogP contribution in [0.3, 0.4) is 0 Å². The van der Waals surface area contributed by atoms with Gasteiger partial charge in [-0.2, -0.15) is 5.10 Å². The maximum absolute atomic E-state index is 12.8. The maximum Gasteiger partial charge on any atom is 0.222 e. The number of aromatic nitrogens is 2. The average molecular weight is 398 g/mol. The van der Waals surface area contributed by atoms with Gasteiger partial charge in [0.25, 0.3) is 0 Å². The van der Waals surface area contributed by atoms with E-state index in [4.69, 9.17) is 5.73 Å². The van der Waals surface area contributed by atoms with Gasteiger partial charge in [0.2, 0.25) is 11.8 Å². The van der Waals surface area contributed by atoms with E-state index in [0.717, 1.165) is 48.0 Å². The van der Waals surface area contributed by atoms with Gasteiger partial charge in [0.05, 0.1) is 18.1 Å². The van der Waals surface area contributed by atoms with Gasteiger partial charge in [-0.25, -0.2) is 0 Å². The number of piperidine rings is 2. The summed E-state index contributed by atoms with van der Waals surface area (Å²) in [5, 5.41) is 7.95. The molecule has 29 heavy (non-hydrogen) atoms. The first kappa shape index (κ1) is 19.9. The predicted molar refractivity (Wildman–Crippen MR) is 112 cm³/mol. The summed E-state index contributed by atoms with van der Waals surface area (Å²) in [5.74, 6) is -0.142. The molecule has 2 aliphatic heterocycles. The van der Waals surface area contributed by atoms with E-state index < -0.39 is 0 Å². The van der Waals surface area contributed by atoms with Gasteiger partial charge in [-0.1, -0.05) is 12.5 Å². The second-order valence-electron chi connectivity index (χ2n) is 8.44. The van der Waals surface area contributed by atoms with Crippen molar-refractivity contribution in [3.05, 3.63) is 29.5 Å². The Kier molecular flexibility index (Phi) is 6.13. The Bertz CT molecular complexity index is 863. The minimum atomic E-state index is -0.370. The molecule has 7 heteroatoms. The number of likely N-dealkylation sites (tertiary alicyclic amines) is 2. The van der Waals surface area contributed by atoms with Crippen molar-refractivity contribution in [2.24, 2.45) is 5.73 Å². The quantitative estimate of drug-likeness (QED) is 0.779. The zero-order valence-corrected chi connectivity index (χ0v) is 17.0. The number of primary amides is 1. The second kappa shape index (κ2) is 8.95. The Labute approximate surface area is 171 Å². The molecule has 156 valence electrons. The summed E-state index contributed by atoms with van der Waals surface area (Å²) in [5.41, 5.74) is 8.12. The topological polar surface area (TPSA) is 95.3 Å². The molecule has 3 N–H and O–H groups in total. The van der Waals surface area contributed by atoms with Crippen LogP contribution in [0.4, 0.5) is 0 Å². The van der Waals surface area contributed by atoms with Gasteiger partial charge in [-0.05, 0) is 62.4 Å². The first-order valence-corrected chi connectivity index (χ1v) is 10.8. The van der Waals surface area contributed by atoms with Crippen molar-refractivity contribution < 1.29 is 9.59 Å². The maximum atomic E-state index is 12.8. The standard InChI is InChI=1S/C22H31N5O2/c23-20(28)14-17-12-16(13-18-15-24-25-22(17)18)4-5-21(29)27-10-6-19(7-11-27)26-8-2-1-3-9-26/h12-13,15,19H,1-11,14H2,(H2,23,28)(H,24,25). The minimum Gasteiger partial charge on any atom is -0.369 e. The molecule has 0 saturated carbocycles. The molecule has 2 fully saturated rings. The Morgan fingerprint density at radius 1 is 1.10 bits per heavy atom. The molecule has 3 heterocycles. The van der Waals surface area contributed by atoms with E-state index >= 15 is 0 Å². The van der Waals surface area contributed by atoms with Crippen LogP contribution in [0.15, 0.2) is 18.3 Å². The summed E-state index contributed by atoms with van der Waals surface area (Å²) in [6, 6.07) is 4.67. The smallest absolute Gasteiger partial charge is 0.222 e. The number of carbonyl (C=O) groups excluding carboxylic acids is 2. The first-order chi connectivity index (χ1) is 14.1. The van der Waals surface area contributed by atoms with Crippen LogP contribution in [0.2, 0.25) is 0 Å². The normalized spacial score (nSPS) is 19.0. The molecule has 2 aromatic rings. The summed E-state index contributed by atoms with van der Waals surface area (Å²) in [7, 11) is 0. The molecule has 4 rings (SSSR count). The van der Waals surface area contributed by atoms with Crippen molar-refractivity contribution in [2.45, 2.75) is 57.4 Å². The predicted octanol–water partition coefficient (Wildman–Crippen LogP) is 2.00. The molecule has 0 atom stereocenters. The van der Waals surface area contributed by atoms with Gasteiger partial charge in [0, 0.05) is 30.9 Å². The molecule has 1 aromatic heterocycles. The van der Waals surface area contributed by atoms with Crippen LogP contribution in [-0.2, 0) is 22.4 Å². The number of amides is 2. The van der Waals surface area contributed by atoms with E-state index in [1.165, 1.54) is 32.4 Å². The molecule has 2 saturated heterocycles. The number of rotatable bonds is 6. The number of nitrogens with two attached hydrogens (primary N) is 1. The number of hydrogen-bond donors (Lipinski definition) is 2. The second-order valence-corrected chi connectivity index (χ2v) is 8.44. The monoisotopic (exact) mass is 397 g/mol. The molecule has 7 nitrogen and oxygen atoms in total. The molecule has 0 bridgehead atoms. The molecule has 1 aromatic carbocycles. The number of hydrogen-bond acceptors (Lipinski definition) is 4. The number of H-pyrrole nitrogens is 1. The van der Waals surface area contributed by atoms with Gasteiger partial charge >= 0.3 is 0 Å². The first-order valence-electron chi connectivity index (χ1n) is 10.8. The molecule has 0 aliphatic carbocycles. The largest absolute Gasteiger partial charge is 0.369 e. The van der Waals surface area contributed by atoms with Crippen molar-refractivity contribution in [1.29, 1.82) is 0 Å². The number of aromatic amines is 1. The lowest BCUT2D eigenvalue weighted by molar-refractivity contribution is -0.132. The van der Waals surface area contributed by atoms with Crippen molar-refractivity contribution >= 4 is 22.7 Å². The van der Waals surface area contributed by atoms with Crippen LogP contribution in [0, 0.1) is 0 Å². The molecule has 0 unspecified atom stereocenters. The molecule has 2 amide bonds. The molecular weight excluding hydrogens is 366 g/mol. The van der Waals surface area contributed by atoms with Crippen LogP contribution >= 0.6 is 0 Å². The number of aryl methyl sites for hydroxylation is 1. The summed E-state index contributed by atoms with van der Waals surface area (Å²) in [6.07, 6.45) is 9.26. The number of carbonyl (C=O) groups is 2. The summed E-state index contributed by atoms with van der Waals surface area (Å²) in [4.78, 5) is 28.8. The summed E-state index contributed by atoms with van der Waals surface area (Å²) >= 11 is 0. The highest BCUT2D eigenvalue weighted by Gasteiger charge is 2.27. The highest BCUT2D eigenvalue weighted by atomic mass is 16.2. The van der Waals surface area contributed by atoms with Crippen LogP contribution in [0.1, 0.15) is 49.7 Å². The third-order valence-electron chi connectivity index (χ3n) is 6.41. The van der Waals surface area contributed by atoms with E-state index in [2.05, 4.69) is 15.1 Å². The number of nitrogens with one attached hydrogen (secondary N) is 1. The van der Waals surface area contributed by atoms with E-state index in [0.29, 0.717) is 18.9 Å². The fourth-order valence-corrected chi connectivity index (χ4v) is 4.84. The number of benzene rings is 1. The van der Waals surface area contributed by atoms with Crippen molar-refractivity contribution in [1.82, 2.24) is 20.0 Å². The van der Waals surface area contributed by atoms with E-state index in [1.807, 2.05) is 17.0 Å². The third kappa shape index (κ3) is 4.78. The molecule has 0 spiro atoms. The fraction of sp³-hybridized carbons (Fsp3) is 0.591. The highest BCUT2D eigenvalue weighted by Crippen LogP contribution is 2.23. The van der Waals surface area contributed by atoms with Crippen molar-refractivity contribution in [3.63, 3.8) is 0 Å². The number of fused-ring (bicyclic) bond motifs is 1. The Hall–Kier alpha value is -2.41. The zero-order valence-electron chi connectivity index (χ0n) is 17.0. The van der Waals surface area contributed by atoms with E-state index in [-0.39, 0.29) is 18.2 Å². The Morgan fingerprint density at radius 3 is 2.59 bits per heavy atom. The third-order valence-corrected chi connectivity index (χ3v) is 6.41. The summed E-state index contributed by atoms with van der Waals surface area (Å²) < 4.78 is 0. The number of nitrogens with zero attached hydrogens (tertiary/aromatic N) is 3. The van der Waals surface area contributed by atoms with Gasteiger partial charge in [-0.3, -0.25) is 14.7 Å². The SMILES string of the molecule is NC(=O)Cc1cc(CCC(=O)N2CCC(N3CCCCC3)CC2)cc2cn[nH]c12. The molecule has 0 radical (unpaired) electrons. The van der Waals surface area contributed by atoms with Gasteiger partial charge in [0.1, 0.15) is 0 Å². The van der Waals surface area contributed by atoms with Crippen LogP contribution in [0.25, 0.3) is 10.9 Å².